The van der Waals surface area contributed by atoms with Crippen molar-refractivity contribution in [2.45, 2.75) is 33.3 Å². The third-order valence-electron chi connectivity index (χ3n) is 3.30. The maximum absolute atomic E-state index is 11.7. The van der Waals surface area contributed by atoms with E-state index in [1.54, 1.807) is 0 Å². The molecule has 2 rings (SSSR count). The largest absolute Gasteiger partial charge is 0.461 e. The van der Waals surface area contributed by atoms with Crippen LogP contribution in [-0.2, 0) is 32.1 Å². The van der Waals surface area contributed by atoms with Crippen molar-refractivity contribution in [2.75, 3.05) is 0 Å². The molecule has 1 aliphatic heterocycles. The van der Waals surface area contributed by atoms with E-state index in [1.165, 1.54) is 0 Å². The van der Waals surface area contributed by atoms with Crippen LogP contribution in [0, 0.1) is 6.92 Å². The van der Waals surface area contributed by atoms with E-state index in [4.69, 9.17) is 4.74 Å². The molecule has 5 nitrogen and oxygen atoms in total. The summed E-state index contributed by atoms with van der Waals surface area (Å²) in [6, 6.07) is 5.97. The maximum Gasteiger partial charge on any atom is 0.310 e. The second-order valence-electron chi connectivity index (χ2n) is 4.95. The van der Waals surface area contributed by atoms with Crippen LogP contribution in [0.25, 0.3) is 0 Å². The van der Waals surface area contributed by atoms with Crippen molar-refractivity contribution in [1.82, 2.24) is 5.32 Å². The smallest absolute Gasteiger partial charge is 0.310 e. The third kappa shape index (κ3) is 3.78. The molecule has 5 heteroatoms. The molecule has 1 heterocycles. The summed E-state index contributed by atoms with van der Waals surface area (Å²) in [6.07, 6.45) is 1.80. The molecule has 1 aromatic carbocycles. The summed E-state index contributed by atoms with van der Waals surface area (Å²) in [4.78, 5) is 34.0. The molecule has 0 saturated heterocycles. The fourth-order valence-electron chi connectivity index (χ4n) is 2.17. The number of hydrogen-bond acceptors (Lipinski definition) is 4. The Bertz CT molecular complexity index is 631. The number of nitrogens with one attached hydrogen (secondary N) is 1. The van der Waals surface area contributed by atoms with Gasteiger partial charge in [-0.25, -0.2) is 0 Å². The molecule has 1 aliphatic rings. The number of aryl methyl sites for hydroxylation is 2. The van der Waals surface area contributed by atoms with E-state index >= 15 is 0 Å². The van der Waals surface area contributed by atoms with Gasteiger partial charge in [-0.3, -0.25) is 19.7 Å². The molecule has 0 fully saturated rings. The van der Waals surface area contributed by atoms with Crippen molar-refractivity contribution in [3.8, 4) is 0 Å². The molecule has 0 atom stereocenters. The molecule has 0 aliphatic carbocycles. The Balaban J connectivity index is 1.94. The average molecular weight is 287 g/mol. The summed E-state index contributed by atoms with van der Waals surface area (Å²) in [5.74, 6) is -1.54. The Hall–Kier alpha value is -2.43. The van der Waals surface area contributed by atoms with Crippen LogP contribution in [0.15, 0.2) is 29.8 Å². The van der Waals surface area contributed by atoms with Gasteiger partial charge in [-0.15, -0.1) is 0 Å². The van der Waals surface area contributed by atoms with Gasteiger partial charge in [-0.05, 0) is 24.5 Å². The van der Waals surface area contributed by atoms with Crippen molar-refractivity contribution in [1.29, 1.82) is 0 Å². The molecule has 1 N–H and O–H groups in total. The van der Waals surface area contributed by atoms with Crippen LogP contribution in [0.3, 0.4) is 0 Å². The Labute approximate surface area is 123 Å². The Morgan fingerprint density at radius 1 is 1.24 bits per heavy atom. The number of ether oxygens (including phenoxy) is 1. The van der Waals surface area contributed by atoms with Gasteiger partial charge in [0, 0.05) is 11.6 Å². The predicted octanol–water partition coefficient (Wildman–Crippen LogP) is 1.57. The lowest BCUT2D eigenvalue weighted by atomic mass is 10.0. The molecular formula is C16H17NO4. The van der Waals surface area contributed by atoms with Gasteiger partial charge in [0.15, 0.2) is 0 Å². The van der Waals surface area contributed by atoms with Crippen LogP contribution in [0.2, 0.25) is 0 Å². The number of amides is 2. The normalized spacial score (nSPS) is 13.9. The van der Waals surface area contributed by atoms with Gasteiger partial charge in [-0.1, -0.05) is 30.7 Å². The van der Waals surface area contributed by atoms with Gasteiger partial charge in [0.2, 0.25) is 0 Å². The van der Waals surface area contributed by atoms with E-state index in [-0.39, 0.29) is 18.6 Å². The lowest BCUT2D eigenvalue weighted by molar-refractivity contribution is -0.144. The summed E-state index contributed by atoms with van der Waals surface area (Å²) in [7, 11) is 0. The molecule has 110 valence electrons. The average Bonchev–Trinajstić information content (AvgIpc) is 2.75. The number of imide groups is 1. The first-order valence-corrected chi connectivity index (χ1v) is 6.79. The Morgan fingerprint density at radius 2 is 2.00 bits per heavy atom. The molecule has 0 bridgehead atoms. The topological polar surface area (TPSA) is 72.5 Å². The first-order valence-electron chi connectivity index (χ1n) is 6.79. The zero-order valence-corrected chi connectivity index (χ0v) is 12.1. The highest BCUT2D eigenvalue weighted by Gasteiger charge is 2.23. The van der Waals surface area contributed by atoms with Crippen molar-refractivity contribution in [3.05, 3.63) is 46.5 Å². The molecule has 21 heavy (non-hydrogen) atoms. The Morgan fingerprint density at radius 3 is 2.62 bits per heavy atom. The lowest BCUT2D eigenvalue weighted by Crippen LogP contribution is -2.23. The minimum absolute atomic E-state index is 0.143. The fourth-order valence-corrected chi connectivity index (χ4v) is 2.17. The quantitative estimate of drug-likeness (QED) is 0.659. The van der Waals surface area contributed by atoms with Crippen molar-refractivity contribution in [3.63, 3.8) is 0 Å². The molecular weight excluding hydrogens is 270 g/mol. The summed E-state index contributed by atoms with van der Waals surface area (Å²) in [5.41, 5.74) is 3.39. The number of carbonyl (C=O) groups excluding carboxylic acids is 3. The first-order chi connectivity index (χ1) is 9.99. The standard InChI is InChI=1S/C16H17NO4/c1-3-11-6-10(2)4-5-12(11)9-21-15(19)8-13-7-14(18)17-16(13)20/h4-7H,3,8-9H2,1-2H3,(H,17,18,20). The van der Waals surface area contributed by atoms with Crippen LogP contribution in [0.5, 0.6) is 0 Å². The summed E-state index contributed by atoms with van der Waals surface area (Å²) >= 11 is 0. The zero-order valence-electron chi connectivity index (χ0n) is 12.1. The Kier molecular flexibility index (Phi) is 4.52. The number of esters is 1. The minimum Gasteiger partial charge on any atom is -0.461 e. The lowest BCUT2D eigenvalue weighted by Gasteiger charge is -2.10. The van der Waals surface area contributed by atoms with E-state index in [0.717, 1.165) is 29.2 Å². The number of benzene rings is 1. The monoisotopic (exact) mass is 287 g/mol. The van der Waals surface area contributed by atoms with Crippen molar-refractivity contribution < 1.29 is 19.1 Å². The summed E-state index contributed by atoms with van der Waals surface area (Å²) < 4.78 is 5.18. The number of rotatable bonds is 5. The summed E-state index contributed by atoms with van der Waals surface area (Å²) in [5, 5.41) is 2.09. The molecule has 0 spiro atoms. The van der Waals surface area contributed by atoms with Gasteiger partial charge in [0.05, 0.1) is 6.42 Å². The van der Waals surface area contributed by atoms with E-state index in [2.05, 4.69) is 11.4 Å². The second kappa shape index (κ2) is 6.35. The van der Waals surface area contributed by atoms with E-state index in [1.807, 2.05) is 26.0 Å². The van der Waals surface area contributed by atoms with E-state index in [9.17, 15) is 14.4 Å². The highest BCUT2D eigenvalue weighted by molar-refractivity contribution is 6.17. The predicted molar refractivity (Wildman–Crippen MR) is 76.2 cm³/mol. The SMILES string of the molecule is CCc1cc(C)ccc1COC(=O)CC1=CC(=O)NC1=O. The number of hydrogen-bond donors (Lipinski definition) is 1. The zero-order chi connectivity index (χ0) is 15.4. The van der Waals surface area contributed by atoms with Crippen LogP contribution in [0.4, 0.5) is 0 Å². The first kappa shape index (κ1) is 15.0. The van der Waals surface area contributed by atoms with Crippen molar-refractivity contribution >= 4 is 17.8 Å². The highest BCUT2D eigenvalue weighted by Crippen LogP contribution is 2.15. The van der Waals surface area contributed by atoms with Crippen LogP contribution < -0.4 is 5.32 Å². The van der Waals surface area contributed by atoms with Crippen LogP contribution in [0.1, 0.15) is 30.0 Å². The van der Waals surface area contributed by atoms with Crippen LogP contribution in [-0.4, -0.2) is 17.8 Å². The molecule has 0 saturated carbocycles. The van der Waals surface area contributed by atoms with E-state index in [0.29, 0.717) is 0 Å². The van der Waals surface area contributed by atoms with Crippen molar-refractivity contribution in [2.24, 2.45) is 0 Å². The molecule has 2 amide bonds. The molecule has 0 unspecified atom stereocenters. The number of carbonyl (C=O) groups is 3. The van der Waals surface area contributed by atoms with Gasteiger partial charge >= 0.3 is 5.97 Å². The fraction of sp³-hybridized carbons (Fsp3) is 0.312. The second-order valence-corrected chi connectivity index (χ2v) is 4.95. The molecule has 0 aromatic heterocycles. The minimum atomic E-state index is -0.526. The van der Waals surface area contributed by atoms with Crippen LogP contribution >= 0.6 is 0 Å². The maximum atomic E-state index is 11.7. The van der Waals surface area contributed by atoms with Gasteiger partial charge in [0.25, 0.3) is 11.8 Å². The molecule has 0 radical (unpaired) electrons. The highest BCUT2D eigenvalue weighted by atomic mass is 16.5. The third-order valence-corrected chi connectivity index (χ3v) is 3.30. The summed E-state index contributed by atoms with van der Waals surface area (Å²) in [6.45, 7) is 4.22. The van der Waals surface area contributed by atoms with Gasteiger partial charge in [0.1, 0.15) is 6.61 Å². The van der Waals surface area contributed by atoms with E-state index < -0.39 is 17.8 Å². The van der Waals surface area contributed by atoms with Gasteiger partial charge in [-0.2, -0.15) is 0 Å². The van der Waals surface area contributed by atoms with Gasteiger partial charge < -0.3 is 4.74 Å². The molecule has 1 aromatic rings.